The molecule has 1 fully saturated rings. The third-order valence-corrected chi connectivity index (χ3v) is 4.32. The minimum atomic E-state index is -0.742. The fourth-order valence-corrected chi connectivity index (χ4v) is 2.81. The molecule has 1 saturated heterocycles. The number of aryl methyl sites for hydroxylation is 1. The van der Waals surface area contributed by atoms with Crippen LogP contribution >= 0.6 is 0 Å². The molecule has 0 saturated carbocycles. The summed E-state index contributed by atoms with van der Waals surface area (Å²) < 4.78 is 10.3. The van der Waals surface area contributed by atoms with Gasteiger partial charge in [0.2, 0.25) is 0 Å². The number of rotatable bonds is 5. The molecule has 0 aromatic heterocycles. The summed E-state index contributed by atoms with van der Waals surface area (Å²) in [6.07, 6.45) is 0. The Balaban J connectivity index is 1.51. The van der Waals surface area contributed by atoms with Crippen molar-refractivity contribution in [2.24, 2.45) is 0 Å². The van der Waals surface area contributed by atoms with E-state index in [1.165, 1.54) is 6.07 Å². The standard InChI is InChI=1S/C20H22N2O5/c1-14-3-2-4-17(19(14)24)20(25)27-13-18(23)21-15-5-7-16(8-6-15)22-9-11-26-12-10-22/h2-8,24H,9-13H2,1H3,(H,21,23). The number of nitrogens with one attached hydrogen (secondary N) is 1. The molecule has 0 bridgehead atoms. The lowest BCUT2D eigenvalue weighted by Crippen LogP contribution is -2.36. The summed E-state index contributed by atoms with van der Waals surface area (Å²) in [6.45, 7) is 4.35. The Kier molecular flexibility index (Phi) is 5.93. The Morgan fingerprint density at radius 1 is 1.15 bits per heavy atom. The highest BCUT2D eigenvalue weighted by Crippen LogP contribution is 2.22. The number of phenolic OH excluding ortho intramolecular Hbond substituents is 1. The number of ether oxygens (including phenoxy) is 2. The molecule has 1 aliphatic heterocycles. The van der Waals surface area contributed by atoms with E-state index in [2.05, 4.69) is 10.2 Å². The molecule has 27 heavy (non-hydrogen) atoms. The SMILES string of the molecule is Cc1cccc(C(=O)OCC(=O)Nc2ccc(N3CCOCC3)cc2)c1O. The van der Waals surface area contributed by atoms with Gasteiger partial charge >= 0.3 is 5.97 Å². The van der Waals surface area contributed by atoms with Crippen molar-refractivity contribution < 1.29 is 24.2 Å². The number of anilines is 2. The van der Waals surface area contributed by atoms with Crippen LogP contribution in [0.5, 0.6) is 5.75 Å². The van der Waals surface area contributed by atoms with E-state index in [0.717, 1.165) is 18.8 Å². The summed E-state index contributed by atoms with van der Waals surface area (Å²) in [4.78, 5) is 26.2. The Bertz CT molecular complexity index is 814. The number of esters is 1. The van der Waals surface area contributed by atoms with Gasteiger partial charge in [-0.2, -0.15) is 0 Å². The van der Waals surface area contributed by atoms with Crippen LogP contribution in [-0.4, -0.2) is 49.9 Å². The molecule has 2 aromatic rings. The minimum Gasteiger partial charge on any atom is -0.507 e. The van der Waals surface area contributed by atoms with Crippen LogP contribution in [0.25, 0.3) is 0 Å². The van der Waals surface area contributed by atoms with Crippen molar-refractivity contribution in [2.45, 2.75) is 6.92 Å². The molecule has 1 heterocycles. The van der Waals surface area contributed by atoms with Crippen LogP contribution in [0.15, 0.2) is 42.5 Å². The number of hydrogen-bond donors (Lipinski definition) is 2. The molecule has 0 aliphatic carbocycles. The highest BCUT2D eigenvalue weighted by atomic mass is 16.5. The molecule has 1 amide bonds. The van der Waals surface area contributed by atoms with E-state index in [1.807, 2.05) is 12.1 Å². The number of morpholine rings is 1. The number of nitrogens with zero attached hydrogens (tertiary/aromatic N) is 1. The monoisotopic (exact) mass is 370 g/mol. The Morgan fingerprint density at radius 3 is 2.56 bits per heavy atom. The molecule has 0 spiro atoms. The number of aromatic hydroxyl groups is 1. The maximum Gasteiger partial charge on any atom is 0.342 e. The van der Waals surface area contributed by atoms with Gasteiger partial charge in [0.05, 0.1) is 13.2 Å². The summed E-state index contributed by atoms with van der Waals surface area (Å²) in [7, 11) is 0. The summed E-state index contributed by atoms with van der Waals surface area (Å²) in [5.41, 5.74) is 2.29. The topological polar surface area (TPSA) is 88.1 Å². The van der Waals surface area contributed by atoms with E-state index in [9.17, 15) is 14.7 Å². The highest BCUT2D eigenvalue weighted by molar-refractivity contribution is 5.97. The number of carbonyl (C=O) groups is 2. The van der Waals surface area contributed by atoms with Gasteiger partial charge in [0.1, 0.15) is 11.3 Å². The molecule has 2 aromatic carbocycles. The third kappa shape index (κ3) is 4.77. The van der Waals surface area contributed by atoms with Crippen LogP contribution in [0.2, 0.25) is 0 Å². The van der Waals surface area contributed by atoms with Gasteiger partial charge in [0.15, 0.2) is 6.61 Å². The first-order valence-electron chi connectivity index (χ1n) is 8.73. The van der Waals surface area contributed by atoms with Crippen LogP contribution in [0, 0.1) is 6.92 Å². The molecule has 0 atom stereocenters. The van der Waals surface area contributed by atoms with Gasteiger partial charge in [-0.3, -0.25) is 4.79 Å². The summed E-state index contributed by atoms with van der Waals surface area (Å²) >= 11 is 0. The maximum absolute atomic E-state index is 12.0. The van der Waals surface area contributed by atoms with Crippen LogP contribution in [0.1, 0.15) is 15.9 Å². The maximum atomic E-state index is 12.0. The summed E-state index contributed by atoms with van der Waals surface area (Å²) in [5, 5.41) is 12.6. The van der Waals surface area contributed by atoms with E-state index in [-0.39, 0.29) is 11.3 Å². The van der Waals surface area contributed by atoms with E-state index in [0.29, 0.717) is 24.5 Å². The molecule has 1 aliphatic rings. The zero-order chi connectivity index (χ0) is 19.2. The number of carbonyl (C=O) groups excluding carboxylic acids is 2. The smallest absolute Gasteiger partial charge is 0.342 e. The van der Waals surface area contributed by atoms with Crippen molar-refractivity contribution in [1.29, 1.82) is 0 Å². The quantitative estimate of drug-likeness (QED) is 0.786. The Labute approximate surface area is 157 Å². The zero-order valence-electron chi connectivity index (χ0n) is 15.1. The van der Waals surface area contributed by atoms with E-state index >= 15 is 0 Å². The second-order valence-electron chi connectivity index (χ2n) is 6.24. The van der Waals surface area contributed by atoms with Crippen LogP contribution < -0.4 is 10.2 Å². The van der Waals surface area contributed by atoms with Crippen LogP contribution in [0.3, 0.4) is 0 Å². The van der Waals surface area contributed by atoms with Crippen molar-refractivity contribution in [3.05, 3.63) is 53.6 Å². The largest absolute Gasteiger partial charge is 0.507 e. The van der Waals surface area contributed by atoms with Gasteiger partial charge in [0.25, 0.3) is 5.91 Å². The fourth-order valence-electron chi connectivity index (χ4n) is 2.81. The van der Waals surface area contributed by atoms with Gasteiger partial charge in [0, 0.05) is 24.5 Å². The van der Waals surface area contributed by atoms with E-state index in [1.54, 1.807) is 31.2 Å². The van der Waals surface area contributed by atoms with Crippen LogP contribution in [0.4, 0.5) is 11.4 Å². The molecular weight excluding hydrogens is 348 g/mol. The van der Waals surface area contributed by atoms with Crippen molar-refractivity contribution in [3.8, 4) is 5.75 Å². The van der Waals surface area contributed by atoms with Crippen molar-refractivity contribution in [1.82, 2.24) is 0 Å². The molecule has 7 heteroatoms. The predicted octanol–water partition coefficient (Wildman–Crippen LogP) is 2.33. The van der Waals surface area contributed by atoms with E-state index in [4.69, 9.17) is 9.47 Å². The first kappa shape index (κ1) is 18.7. The summed E-state index contributed by atoms with van der Waals surface area (Å²) in [5.74, 6) is -1.33. The second-order valence-corrected chi connectivity index (χ2v) is 6.24. The van der Waals surface area contributed by atoms with Gasteiger partial charge in [-0.25, -0.2) is 4.79 Å². The average Bonchev–Trinajstić information content (AvgIpc) is 2.69. The normalized spacial score (nSPS) is 13.9. The molecule has 0 unspecified atom stereocenters. The number of phenols is 1. The summed E-state index contributed by atoms with van der Waals surface area (Å²) in [6, 6.07) is 12.2. The first-order chi connectivity index (χ1) is 13.0. The van der Waals surface area contributed by atoms with Crippen molar-refractivity contribution >= 4 is 23.3 Å². The molecular formula is C20H22N2O5. The lowest BCUT2D eigenvalue weighted by atomic mass is 10.1. The van der Waals surface area contributed by atoms with Crippen molar-refractivity contribution in [3.63, 3.8) is 0 Å². The highest BCUT2D eigenvalue weighted by Gasteiger charge is 2.16. The molecule has 7 nitrogen and oxygen atoms in total. The molecule has 142 valence electrons. The minimum absolute atomic E-state index is 0.0395. The van der Waals surface area contributed by atoms with E-state index < -0.39 is 18.5 Å². The Hall–Kier alpha value is -3.06. The van der Waals surface area contributed by atoms with Gasteiger partial charge in [-0.1, -0.05) is 12.1 Å². The lowest BCUT2D eigenvalue weighted by Gasteiger charge is -2.28. The zero-order valence-corrected chi connectivity index (χ0v) is 15.1. The predicted molar refractivity (Wildman–Crippen MR) is 101 cm³/mol. The average molecular weight is 370 g/mol. The first-order valence-corrected chi connectivity index (χ1v) is 8.73. The van der Waals surface area contributed by atoms with Crippen molar-refractivity contribution in [2.75, 3.05) is 43.1 Å². The number of hydrogen-bond acceptors (Lipinski definition) is 6. The third-order valence-electron chi connectivity index (χ3n) is 4.32. The Morgan fingerprint density at radius 2 is 1.85 bits per heavy atom. The lowest BCUT2D eigenvalue weighted by molar-refractivity contribution is -0.119. The number of benzene rings is 2. The second kappa shape index (κ2) is 8.55. The number of amides is 1. The molecule has 0 radical (unpaired) electrons. The molecule has 2 N–H and O–H groups in total. The van der Waals surface area contributed by atoms with Crippen LogP contribution in [-0.2, 0) is 14.3 Å². The van der Waals surface area contributed by atoms with Gasteiger partial charge in [-0.05, 0) is 42.8 Å². The molecule has 3 rings (SSSR count). The number of para-hydroxylation sites is 1. The van der Waals surface area contributed by atoms with Gasteiger partial charge < -0.3 is 24.8 Å². The fraction of sp³-hybridized carbons (Fsp3) is 0.300. The van der Waals surface area contributed by atoms with Gasteiger partial charge in [-0.15, -0.1) is 0 Å².